The SMILES string of the molecule is CO[C@]12CC[C@@H](O)C[C@]1(C)[C@H]1CC[C@]3(C)[C@@H]([C@H](C)/C=C/[C@H](C)C(C)C)CC[C@H]3C1=C[C@H]2O. The van der Waals surface area contributed by atoms with Crippen LogP contribution in [0.2, 0.25) is 0 Å². The van der Waals surface area contributed by atoms with Gasteiger partial charge in [0.05, 0.1) is 6.10 Å². The Morgan fingerprint density at radius 1 is 0.969 bits per heavy atom. The summed E-state index contributed by atoms with van der Waals surface area (Å²) in [7, 11) is 1.77. The van der Waals surface area contributed by atoms with Crippen molar-refractivity contribution in [2.75, 3.05) is 7.11 Å². The second-order valence-electron chi connectivity index (χ2n) is 12.7. The molecule has 0 aliphatic heterocycles. The Bertz CT molecular complexity index is 756. The zero-order chi connectivity index (χ0) is 23.5. The number of ether oxygens (including phenoxy) is 1. The molecule has 2 N–H and O–H groups in total. The van der Waals surface area contributed by atoms with Gasteiger partial charge in [-0.15, -0.1) is 0 Å². The quantitative estimate of drug-likeness (QED) is 0.500. The van der Waals surface area contributed by atoms with E-state index in [1.54, 1.807) is 7.11 Å². The summed E-state index contributed by atoms with van der Waals surface area (Å²) in [5, 5.41) is 22.1. The smallest absolute Gasteiger partial charge is 0.103 e. The van der Waals surface area contributed by atoms with Gasteiger partial charge in [0, 0.05) is 12.5 Å². The molecule has 0 spiro atoms. The monoisotopic (exact) mass is 444 g/mol. The fourth-order valence-corrected chi connectivity index (χ4v) is 8.65. The first kappa shape index (κ1) is 24.5. The number of aliphatic hydroxyl groups is 2. The standard InChI is InChI=1S/C29H48O3/c1-18(2)19(3)8-9-20(4)23-10-11-24-22-16-26(31)29(32-7)15-12-21(30)17-28(29,6)25(22)13-14-27(23,24)5/h8-9,16,18-21,23-26,30-31H,10-15,17H2,1-7H3/b9-8+/t19-,20+,21+,23+,24-,25-,26+,27+,28+,29-/m0/s1. The van der Waals surface area contributed by atoms with E-state index < -0.39 is 11.7 Å². The Hall–Kier alpha value is -0.640. The van der Waals surface area contributed by atoms with E-state index in [2.05, 4.69) is 59.8 Å². The maximum absolute atomic E-state index is 11.4. The van der Waals surface area contributed by atoms with Crippen molar-refractivity contribution in [3.05, 3.63) is 23.8 Å². The van der Waals surface area contributed by atoms with E-state index in [0.717, 1.165) is 25.7 Å². The van der Waals surface area contributed by atoms with E-state index in [-0.39, 0.29) is 11.5 Å². The van der Waals surface area contributed by atoms with Gasteiger partial charge in [-0.3, -0.25) is 0 Å². The molecule has 0 aromatic carbocycles. The van der Waals surface area contributed by atoms with Crippen molar-refractivity contribution in [1.29, 1.82) is 0 Å². The number of aliphatic hydroxyl groups excluding tert-OH is 2. The molecule has 0 amide bonds. The Morgan fingerprint density at radius 3 is 2.34 bits per heavy atom. The van der Waals surface area contributed by atoms with Crippen LogP contribution < -0.4 is 0 Å². The lowest BCUT2D eigenvalue weighted by atomic mass is 9.45. The number of rotatable bonds is 5. The highest BCUT2D eigenvalue weighted by Gasteiger charge is 2.65. The lowest BCUT2D eigenvalue weighted by molar-refractivity contribution is -0.223. The zero-order valence-corrected chi connectivity index (χ0v) is 21.6. The largest absolute Gasteiger partial charge is 0.393 e. The van der Waals surface area contributed by atoms with Gasteiger partial charge in [0.15, 0.2) is 0 Å². The summed E-state index contributed by atoms with van der Waals surface area (Å²) in [4.78, 5) is 0. The maximum Gasteiger partial charge on any atom is 0.103 e. The molecule has 3 nitrogen and oxygen atoms in total. The minimum absolute atomic E-state index is 0.208. The molecule has 0 aromatic heterocycles. The number of allylic oxidation sites excluding steroid dienone is 3. The molecule has 4 rings (SSSR count). The lowest BCUT2D eigenvalue weighted by Crippen LogP contribution is -2.66. The minimum atomic E-state index is -0.582. The first-order valence-corrected chi connectivity index (χ1v) is 13.3. The minimum Gasteiger partial charge on any atom is -0.393 e. The second kappa shape index (κ2) is 8.54. The Labute approximate surface area is 196 Å². The van der Waals surface area contributed by atoms with Crippen LogP contribution in [0.25, 0.3) is 0 Å². The van der Waals surface area contributed by atoms with Crippen LogP contribution in [0.1, 0.15) is 86.5 Å². The number of methoxy groups -OCH3 is 1. The molecule has 3 fully saturated rings. The van der Waals surface area contributed by atoms with Crippen molar-refractivity contribution in [3.63, 3.8) is 0 Å². The van der Waals surface area contributed by atoms with Gasteiger partial charge >= 0.3 is 0 Å². The Balaban J connectivity index is 1.64. The van der Waals surface area contributed by atoms with Crippen molar-refractivity contribution in [1.82, 2.24) is 0 Å². The van der Waals surface area contributed by atoms with E-state index in [9.17, 15) is 10.2 Å². The molecule has 3 saturated carbocycles. The normalized spacial score (nSPS) is 48.2. The maximum atomic E-state index is 11.4. The van der Waals surface area contributed by atoms with Crippen LogP contribution in [0.5, 0.6) is 0 Å². The van der Waals surface area contributed by atoms with E-state index in [1.165, 1.54) is 24.8 Å². The van der Waals surface area contributed by atoms with Crippen LogP contribution >= 0.6 is 0 Å². The summed E-state index contributed by atoms with van der Waals surface area (Å²) in [6.07, 6.45) is 13.4. The molecule has 3 heteroatoms. The van der Waals surface area contributed by atoms with Crippen LogP contribution in [0.15, 0.2) is 23.8 Å². The summed E-state index contributed by atoms with van der Waals surface area (Å²) in [6, 6.07) is 0. The Morgan fingerprint density at radius 2 is 1.69 bits per heavy atom. The molecule has 182 valence electrons. The molecular weight excluding hydrogens is 396 g/mol. The van der Waals surface area contributed by atoms with Crippen LogP contribution in [0.4, 0.5) is 0 Å². The molecule has 0 radical (unpaired) electrons. The summed E-state index contributed by atoms with van der Waals surface area (Å²) >= 11 is 0. The molecule has 32 heavy (non-hydrogen) atoms. The van der Waals surface area contributed by atoms with E-state index in [1.807, 2.05) is 0 Å². The molecule has 0 aromatic rings. The van der Waals surface area contributed by atoms with Crippen LogP contribution in [-0.2, 0) is 4.74 Å². The number of hydrogen-bond acceptors (Lipinski definition) is 3. The van der Waals surface area contributed by atoms with Crippen LogP contribution in [0, 0.1) is 46.3 Å². The summed E-state index contributed by atoms with van der Waals surface area (Å²) < 4.78 is 6.15. The average molecular weight is 445 g/mol. The predicted molar refractivity (Wildman–Crippen MR) is 131 cm³/mol. The zero-order valence-electron chi connectivity index (χ0n) is 21.6. The topological polar surface area (TPSA) is 49.7 Å². The van der Waals surface area contributed by atoms with Gasteiger partial charge < -0.3 is 14.9 Å². The number of hydrogen-bond donors (Lipinski definition) is 2. The van der Waals surface area contributed by atoms with Crippen molar-refractivity contribution in [2.45, 2.75) is 104 Å². The highest BCUT2D eigenvalue weighted by atomic mass is 16.5. The molecule has 0 unspecified atom stereocenters. The number of fused-ring (bicyclic) bond motifs is 5. The lowest BCUT2D eigenvalue weighted by Gasteiger charge is -2.63. The van der Waals surface area contributed by atoms with Crippen LogP contribution in [-0.4, -0.2) is 35.1 Å². The van der Waals surface area contributed by atoms with E-state index >= 15 is 0 Å². The van der Waals surface area contributed by atoms with Gasteiger partial charge in [-0.2, -0.15) is 0 Å². The summed E-state index contributed by atoms with van der Waals surface area (Å²) in [5.41, 5.74) is 1.02. The first-order chi connectivity index (χ1) is 15.0. The average Bonchev–Trinajstić information content (AvgIpc) is 3.09. The third-order valence-electron chi connectivity index (χ3n) is 11.0. The van der Waals surface area contributed by atoms with Gasteiger partial charge in [-0.05, 0) is 85.9 Å². The van der Waals surface area contributed by atoms with E-state index in [4.69, 9.17) is 4.74 Å². The molecule has 0 saturated heterocycles. The van der Waals surface area contributed by atoms with Crippen LogP contribution in [0.3, 0.4) is 0 Å². The van der Waals surface area contributed by atoms with Gasteiger partial charge in [-0.1, -0.05) is 65.3 Å². The second-order valence-corrected chi connectivity index (χ2v) is 12.7. The van der Waals surface area contributed by atoms with Gasteiger partial charge in [0.2, 0.25) is 0 Å². The van der Waals surface area contributed by atoms with Crippen molar-refractivity contribution in [3.8, 4) is 0 Å². The summed E-state index contributed by atoms with van der Waals surface area (Å²) in [6.45, 7) is 14.2. The van der Waals surface area contributed by atoms with Gasteiger partial charge in [0.25, 0.3) is 0 Å². The van der Waals surface area contributed by atoms with Crippen molar-refractivity contribution >= 4 is 0 Å². The van der Waals surface area contributed by atoms with Gasteiger partial charge in [-0.25, -0.2) is 0 Å². The molecule has 0 bridgehead atoms. The Kier molecular flexibility index (Phi) is 6.53. The van der Waals surface area contributed by atoms with Crippen molar-refractivity contribution < 1.29 is 14.9 Å². The highest BCUT2D eigenvalue weighted by molar-refractivity contribution is 5.33. The molecule has 0 heterocycles. The third-order valence-corrected chi connectivity index (χ3v) is 11.0. The van der Waals surface area contributed by atoms with Crippen molar-refractivity contribution in [2.24, 2.45) is 46.3 Å². The third kappa shape index (κ3) is 3.48. The fraction of sp³-hybridized carbons (Fsp3) is 0.862. The predicted octanol–water partition coefficient (Wildman–Crippen LogP) is 6.15. The molecule has 4 aliphatic rings. The highest BCUT2D eigenvalue weighted by Crippen LogP contribution is 2.68. The fourth-order valence-electron chi connectivity index (χ4n) is 8.65. The van der Waals surface area contributed by atoms with Gasteiger partial charge in [0.1, 0.15) is 11.7 Å². The van der Waals surface area contributed by atoms with E-state index in [0.29, 0.717) is 40.9 Å². The molecule has 4 aliphatic carbocycles. The molecular formula is C29H48O3. The summed E-state index contributed by atoms with van der Waals surface area (Å²) in [5.74, 6) is 3.54. The molecule has 10 atom stereocenters. The first-order valence-electron chi connectivity index (χ1n) is 13.3.